The van der Waals surface area contributed by atoms with E-state index in [4.69, 9.17) is 0 Å². The molecule has 1 unspecified atom stereocenters. The smallest absolute Gasteiger partial charge is 0.294 e. The third kappa shape index (κ3) is 3.69. The molecule has 0 radical (unpaired) electrons. The molecule has 164 valence electrons. The molecule has 3 heterocycles. The summed E-state index contributed by atoms with van der Waals surface area (Å²) in [7, 11) is 0. The molecule has 0 saturated heterocycles. The SMILES string of the molecule is Cc1ccc(N2C(=O)C(O)=C(C(=O)c3sc(-c4ccccc4)nc3C)C2c2cccs2)cc1. The number of thiazole rings is 1. The molecule has 0 spiro atoms. The van der Waals surface area contributed by atoms with Crippen LogP contribution < -0.4 is 4.90 Å². The average Bonchev–Trinajstić information content (AvgIpc) is 3.54. The van der Waals surface area contributed by atoms with Crippen LogP contribution in [0.1, 0.15) is 31.8 Å². The maximum atomic E-state index is 13.8. The van der Waals surface area contributed by atoms with Gasteiger partial charge in [-0.05, 0) is 37.4 Å². The fourth-order valence-electron chi connectivity index (χ4n) is 3.96. The number of aliphatic hydroxyl groups excluding tert-OH is 1. The first-order chi connectivity index (χ1) is 16.0. The van der Waals surface area contributed by atoms with Gasteiger partial charge in [0.05, 0.1) is 16.1 Å². The Kier molecular flexibility index (Phi) is 5.44. The molecule has 1 aliphatic rings. The Hall–Kier alpha value is -3.55. The van der Waals surface area contributed by atoms with E-state index in [0.717, 1.165) is 21.0 Å². The highest BCUT2D eigenvalue weighted by Crippen LogP contribution is 2.44. The van der Waals surface area contributed by atoms with Gasteiger partial charge >= 0.3 is 0 Å². The minimum Gasteiger partial charge on any atom is -0.503 e. The number of anilines is 1. The average molecular weight is 473 g/mol. The zero-order valence-electron chi connectivity index (χ0n) is 18.0. The second-order valence-electron chi connectivity index (χ2n) is 7.82. The van der Waals surface area contributed by atoms with Crippen LogP contribution in [0.25, 0.3) is 10.6 Å². The Bertz CT molecular complexity index is 1370. The molecule has 1 aliphatic heterocycles. The van der Waals surface area contributed by atoms with E-state index in [1.54, 1.807) is 6.92 Å². The molecule has 0 saturated carbocycles. The van der Waals surface area contributed by atoms with Gasteiger partial charge in [-0.25, -0.2) is 4.98 Å². The van der Waals surface area contributed by atoms with E-state index in [9.17, 15) is 14.7 Å². The molecule has 0 bridgehead atoms. The molecule has 1 N–H and O–H groups in total. The van der Waals surface area contributed by atoms with Crippen LogP contribution in [0.2, 0.25) is 0 Å². The van der Waals surface area contributed by atoms with Crippen molar-refractivity contribution < 1.29 is 14.7 Å². The predicted molar refractivity (Wildman–Crippen MR) is 132 cm³/mol. The Morgan fingerprint density at radius 1 is 1.00 bits per heavy atom. The van der Waals surface area contributed by atoms with E-state index < -0.39 is 17.7 Å². The molecule has 0 fully saturated rings. The fraction of sp³-hybridized carbons (Fsp3) is 0.115. The maximum absolute atomic E-state index is 13.8. The van der Waals surface area contributed by atoms with Crippen LogP contribution >= 0.6 is 22.7 Å². The first-order valence-corrected chi connectivity index (χ1v) is 12.1. The van der Waals surface area contributed by atoms with Crippen molar-refractivity contribution >= 4 is 40.1 Å². The Morgan fingerprint density at radius 2 is 1.73 bits per heavy atom. The van der Waals surface area contributed by atoms with E-state index in [0.29, 0.717) is 16.3 Å². The number of ketones is 1. The number of Topliss-reactive ketones (excluding diaryl/α,β-unsaturated/α-hetero) is 1. The van der Waals surface area contributed by atoms with E-state index in [-0.39, 0.29) is 11.4 Å². The van der Waals surface area contributed by atoms with Crippen LogP contribution in [0, 0.1) is 13.8 Å². The summed E-state index contributed by atoms with van der Waals surface area (Å²) < 4.78 is 0. The second-order valence-corrected chi connectivity index (χ2v) is 9.80. The summed E-state index contributed by atoms with van der Waals surface area (Å²) in [4.78, 5) is 34.3. The molecule has 33 heavy (non-hydrogen) atoms. The van der Waals surface area contributed by atoms with Gasteiger partial charge in [0.25, 0.3) is 5.91 Å². The maximum Gasteiger partial charge on any atom is 0.294 e. The van der Waals surface area contributed by atoms with E-state index in [2.05, 4.69) is 4.98 Å². The summed E-state index contributed by atoms with van der Waals surface area (Å²) in [6, 6.07) is 20.2. The number of aliphatic hydroxyl groups is 1. The molecule has 5 nitrogen and oxygen atoms in total. The van der Waals surface area contributed by atoms with Crippen molar-refractivity contribution in [2.24, 2.45) is 0 Å². The zero-order chi connectivity index (χ0) is 23.1. The van der Waals surface area contributed by atoms with Crippen molar-refractivity contribution in [3.63, 3.8) is 0 Å². The van der Waals surface area contributed by atoms with Gasteiger partial charge in [0.1, 0.15) is 11.0 Å². The van der Waals surface area contributed by atoms with Crippen LogP contribution in [0.15, 0.2) is 83.4 Å². The monoisotopic (exact) mass is 472 g/mol. The number of rotatable bonds is 5. The topological polar surface area (TPSA) is 70.5 Å². The Balaban J connectivity index is 1.60. The summed E-state index contributed by atoms with van der Waals surface area (Å²) in [5, 5.41) is 13.5. The van der Waals surface area contributed by atoms with Crippen LogP contribution in [-0.4, -0.2) is 21.8 Å². The second kappa shape index (κ2) is 8.42. The number of amides is 1. The summed E-state index contributed by atoms with van der Waals surface area (Å²) in [5.74, 6) is -1.45. The number of nitrogens with zero attached hydrogens (tertiary/aromatic N) is 2. The molecule has 0 aliphatic carbocycles. The highest BCUT2D eigenvalue weighted by molar-refractivity contribution is 7.17. The molecule has 1 amide bonds. The lowest BCUT2D eigenvalue weighted by molar-refractivity contribution is -0.117. The van der Waals surface area contributed by atoms with Gasteiger partial charge in [-0.3, -0.25) is 14.5 Å². The molecular formula is C26H20N2O3S2. The third-order valence-electron chi connectivity index (χ3n) is 5.60. The largest absolute Gasteiger partial charge is 0.503 e. The number of benzene rings is 2. The Labute approximate surface area is 199 Å². The number of carbonyl (C=O) groups excluding carboxylic acids is 2. The third-order valence-corrected chi connectivity index (χ3v) is 7.73. The first-order valence-electron chi connectivity index (χ1n) is 10.4. The van der Waals surface area contributed by atoms with Gasteiger partial charge in [0.15, 0.2) is 5.76 Å². The molecule has 2 aromatic heterocycles. The zero-order valence-corrected chi connectivity index (χ0v) is 19.6. The van der Waals surface area contributed by atoms with Gasteiger partial charge in [-0.1, -0.05) is 54.1 Å². The van der Waals surface area contributed by atoms with Crippen LogP contribution in [-0.2, 0) is 4.79 Å². The fourth-order valence-corrected chi connectivity index (χ4v) is 5.81. The van der Waals surface area contributed by atoms with Crippen molar-refractivity contribution in [3.05, 3.63) is 104 Å². The number of aryl methyl sites for hydroxylation is 2. The van der Waals surface area contributed by atoms with Crippen LogP contribution in [0.4, 0.5) is 5.69 Å². The molecule has 5 rings (SSSR count). The Morgan fingerprint density at radius 3 is 2.39 bits per heavy atom. The number of aromatic nitrogens is 1. The van der Waals surface area contributed by atoms with Gasteiger partial charge in [0, 0.05) is 16.1 Å². The summed E-state index contributed by atoms with van der Waals surface area (Å²) >= 11 is 2.72. The van der Waals surface area contributed by atoms with Crippen molar-refractivity contribution in [2.75, 3.05) is 4.90 Å². The summed E-state index contributed by atoms with van der Waals surface area (Å²) in [5.41, 5.74) is 3.27. The minimum atomic E-state index is -0.700. The lowest BCUT2D eigenvalue weighted by Gasteiger charge is -2.25. The van der Waals surface area contributed by atoms with E-state index in [1.807, 2.05) is 79.0 Å². The summed E-state index contributed by atoms with van der Waals surface area (Å²) in [6.07, 6.45) is 0. The van der Waals surface area contributed by atoms with Crippen molar-refractivity contribution in [1.82, 2.24) is 4.98 Å². The lowest BCUT2D eigenvalue weighted by atomic mass is 10.00. The quantitative estimate of drug-likeness (QED) is 0.348. The van der Waals surface area contributed by atoms with Crippen molar-refractivity contribution in [1.29, 1.82) is 0 Å². The van der Waals surface area contributed by atoms with Crippen molar-refractivity contribution in [3.8, 4) is 10.6 Å². The first kappa shape index (κ1) is 21.3. The van der Waals surface area contributed by atoms with E-state index >= 15 is 0 Å². The molecule has 2 aromatic carbocycles. The normalized spacial score (nSPS) is 16.0. The number of hydrogen-bond acceptors (Lipinski definition) is 6. The standard InChI is InChI=1S/C26H20N2O3S2/c1-15-10-12-18(13-11-15)28-21(19-9-6-14-32-19)20(23(30)26(28)31)22(29)24-16(2)27-25(33-24)17-7-4-3-5-8-17/h3-14,21,30H,1-2H3. The number of thiophene rings is 1. The predicted octanol–water partition coefficient (Wildman–Crippen LogP) is 6.27. The number of carbonyl (C=O) groups is 2. The molecule has 1 atom stereocenters. The molecule has 7 heteroatoms. The minimum absolute atomic E-state index is 0.0920. The van der Waals surface area contributed by atoms with Gasteiger partial charge in [0.2, 0.25) is 5.78 Å². The van der Waals surface area contributed by atoms with Gasteiger partial charge in [-0.2, -0.15) is 0 Å². The van der Waals surface area contributed by atoms with Gasteiger partial charge < -0.3 is 5.11 Å². The van der Waals surface area contributed by atoms with Crippen LogP contribution in [0.3, 0.4) is 0 Å². The van der Waals surface area contributed by atoms with Crippen LogP contribution in [0.5, 0.6) is 0 Å². The highest BCUT2D eigenvalue weighted by Gasteiger charge is 2.45. The van der Waals surface area contributed by atoms with E-state index in [1.165, 1.54) is 27.6 Å². The number of hydrogen-bond donors (Lipinski definition) is 1. The summed E-state index contributed by atoms with van der Waals surface area (Å²) in [6.45, 7) is 3.75. The molecular weight excluding hydrogens is 452 g/mol. The highest BCUT2D eigenvalue weighted by atomic mass is 32.1. The van der Waals surface area contributed by atoms with Gasteiger partial charge in [-0.15, -0.1) is 22.7 Å². The molecule has 4 aromatic rings. The van der Waals surface area contributed by atoms with Crippen molar-refractivity contribution in [2.45, 2.75) is 19.9 Å². The lowest BCUT2D eigenvalue weighted by Crippen LogP contribution is -2.30.